The molecular formula is C26H22BrCl3F3NO3. The number of carbonyl (C=O) groups excluding carboxylic acids is 2. The number of nitrogens with one attached hydrogen (secondary N) is 1. The Kier molecular flexibility index (Phi) is 8.65. The molecule has 0 bridgehead atoms. The van der Waals surface area contributed by atoms with E-state index in [1.54, 1.807) is 18.2 Å². The van der Waals surface area contributed by atoms with E-state index in [-0.39, 0.29) is 44.8 Å². The normalized spacial score (nSPS) is 19.7. The maximum Gasteiger partial charge on any atom is 0.399 e. The SMILES string of the molecule is O=C(CC1(C(=O)NC2CCOC2)CC1)c1ccc(/C=C/C(c2cc(Cl)c(Cl)c(Cl)c2)C(F)(F)F)cc1Br. The van der Waals surface area contributed by atoms with Gasteiger partial charge in [0.25, 0.3) is 0 Å². The predicted molar refractivity (Wildman–Crippen MR) is 141 cm³/mol. The van der Waals surface area contributed by atoms with Crippen LogP contribution in [0.25, 0.3) is 6.08 Å². The first-order valence-corrected chi connectivity index (χ1v) is 13.4. The van der Waals surface area contributed by atoms with E-state index in [9.17, 15) is 22.8 Å². The van der Waals surface area contributed by atoms with Crippen molar-refractivity contribution in [2.24, 2.45) is 5.41 Å². The van der Waals surface area contributed by atoms with Gasteiger partial charge in [0.05, 0.1) is 39.0 Å². The third kappa shape index (κ3) is 6.71. The Morgan fingerprint density at radius 2 is 1.84 bits per heavy atom. The fourth-order valence-corrected chi connectivity index (χ4v) is 5.49. The van der Waals surface area contributed by atoms with Crippen molar-refractivity contribution in [3.05, 3.63) is 72.6 Å². The molecule has 1 saturated heterocycles. The van der Waals surface area contributed by atoms with Gasteiger partial charge in [0.2, 0.25) is 5.91 Å². The second kappa shape index (κ2) is 11.3. The molecule has 4 nitrogen and oxygen atoms in total. The number of amides is 1. The van der Waals surface area contributed by atoms with Gasteiger partial charge in [0, 0.05) is 23.1 Å². The van der Waals surface area contributed by atoms with E-state index in [1.807, 2.05) is 0 Å². The Labute approximate surface area is 235 Å². The van der Waals surface area contributed by atoms with Crippen LogP contribution in [0, 0.1) is 5.41 Å². The maximum atomic E-state index is 13.8. The molecule has 0 spiro atoms. The lowest BCUT2D eigenvalue weighted by Gasteiger charge is -2.19. The van der Waals surface area contributed by atoms with Crippen LogP contribution in [0.3, 0.4) is 0 Å². The van der Waals surface area contributed by atoms with Crippen molar-refractivity contribution in [2.75, 3.05) is 13.2 Å². The van der Waals surface area contributed by atoms with Crippen molar-refractivity contribution >= 4 is 68.5 Å². The molecule has 1 N–H and O–H groups in total. The van der Waals surface area contributed by atoms with Crippen LogP contribution >= 0.6 is 50.7 Å². The zero-order valence-corrected chi connectivity index (χ0v) is 23.2. The molecule has 1 heterocycles. The van der Waals surface area contributed by atoms with Crippen molar-refractivity contribution in [1.82, 2.24) is 5.32 Å². The molecule has 2 aromatic carbocycles. The predicted octanol–water partition coefficient (Wildman–Crippen LogP) is 8.03. The minimum absolute atomic E-state index is 0.0146. The number of halogens is 7. The van der Waals surface area contributed by atoms with E-state index >= 15 is 0 Å². The number of hydrogen-bond donors (Lipinski definition) is 1. The standard InChI is InChI=1S/C26H22BrCl3F3NO3/c27-19-9-14(2-4-18(26(31,32)33)15-10-20(28)23(30)21(29)11-15)1-3-17(19)22(35)12-25(6-7-25)24(36)34-16-5-8-37-13-16/h1-4,9-11,16,18H,5-8,12-13H2,(H,34,36)/b4-2+. The van der Waals surface area contributed by atoms with Crippen LogP contribution < -0.4 is 5.32 Å². The van der Waals surface area contributed by atoms with E-state index in [4.69, 9.17) is 39.5 Å². The number of alkyl halides is 3. The number of hydrogen-bond acceptors (Lipinski definition) is 3. The topological polar surface area (TPSA) is 55.4 Å². The van der Waals surface area contributed by atoms with E-state index < -0.39 is 17.5 Å². The molecule has 1 aliphatic carbocycles. The lowest BCUT2D eigenvalue weighted by atomic mass is 9.93. The quantitative estimate of drug-likeness (QED) is 0.235. The highest BCUT2D eigenvalue weighted by Gasteiger charge is 2.51. The third-order valence-electron chi connectivity index (χ3n) is 6.59. The van der Waals surface area contributed by atoms with Crippen LogP contribution in [0.1, 0.15) is 53.1 Å². The number of ether oxygens (including phenoxy) is 1. The number of Topliss-reactive ketones (excluding diaryl/α,β-unsaturated/α-hetero) is 1. The molecule has 2 aliphatic rings. The van der Waals surface area contributed by atoms with E-state index in [2.05, 4.69) is 21.2 Å². The first kappa shape index (κ1) is 28.4. The summed E-state index contributed by atoms with van der Waals surface area (Å²) in [5.74, 6) is -2.32. The Morgan fingerprint density at radius 3 is 2.38 bits per heavy atom. The van der Waals surface area contributed by atoms with Crippen LogP contribution in [0.5, 0.6) is 0 Å². The summed E-state index contributed by atoms with van der Waals surface area (Å²) in [5.41, 5.74) is -0.0437. The number of rotatable bonds is 8. The summed E-state index contributed by atoms with van der Waals surface area (Å²) in [5, 5.41) is 2.81. The molecule has 198 valence electrons. The van der Waals surface area contributed by atoms with Gasteiger partial charge in [0.1, 0.15) is 0 Å². The Balaban J connectivity index is 1.48. The van der Waals surface area contributed by atoms with Crippen molar-refractivity contribution in [3.63, 3.8) is 0 Å². The summed E-state index contributed by atoms with van der Waals surface area (Å²) in [6, 6.07) is 6.91. The molecule has 0 aromatic heterocycles. The first-order valence-electron chi connectivity index (χ1n) is 11.5. The molecule has 2 fully saturated rings. The van der Waals surface area contributed by atoms with Gasteiger partial charge in [-0.2, -0.15) is 13.2 Å². The molecule has 1 amide bonds. The fourth-order valence-electron chi connectivity index (χ4n) is 4.26. The number of benzene rings is 2. The lowest BCUT2D eigenvalue weighted by Crippen LogP contribution is -2.40. The summed E-state index contributed by atoms with van der Waals surface area (Å²) < 4.78 is 47.2. The number of allylic oxidation sites excluding steroid dienone is 1. The maximum absolute atomic E-state index is 13.8. The van der Waals surface area contributed by atoms with Crippen molar-refractivity contribution < 1.29 is 27.5 Å². The van der Waals surface area contributed by atoms with Crippen LogP contribution in [-0.2, 0) is 9.53 Å². The van der Waals surface area contributed by atoms with E-state index in [0.29, 0.717) is 41.7 Å². The third-order valence-corrected chi connectivity index (χ3v) is 8.44. The summed E-state index contributed by atoms with van der Waals surface area (Å²) in [7, 11) is 0. The van der Waals surface area contributed by atoms with Crippen LogP contribution in [0.15, 0.2) is 40.9 Å². The molecule has 4 rings (SSSR count). The van der Waals surface area contributed by atoms with Gasteiger partial charge < -0.3 is 10.1 Å². The Morgan fingerprint density at radius 1 is 1.16 bits per heavy atom. The number of ketones is 1. The average Bonchev–Trinajstić information content (AvgIpc) is 3.41. The zero-order valence-electron chi connectivity index (χ0n) is 19.3. The van der Waals surface area contributed by atoms with E-state index in [0.717, 1.165) is 24.6 Å². The monoisotopic (exact) mass is 637 g/mol. The minimum Gasteiger partial charge on any atom is -0.379 e. The summed E-state index contributed by atoms with van der Waals surface area (Å²) in [6.07, 6.45) is -0.212. The van der Waals surface area contributed by atoms with Crippen LogP contribution in [-0.4, -0.2) is 37.1 Å². The summed E-state index contributed by atoms with van der Waals surface area (Å²) in [6.45, 7) is 1.08. The molecule has 1 aliphatic heterocycles. The van der Waals surface area contributed by atoms with Gasteiger partial charge in [-0.3, -0.25) is 9.59 Å². The highest BCUT2D eigenvalue weighted by Crippen LogP contribution is 2.50. The largest absolute Gasteiger partial charge is 0.399 e. The smallest absolute Gasteiger partial charge is 0.379 e. The fraction of sp³-hybridized carbons (Fsp3) is 0.385. The molecular weight excluding hydrogens is 618 g/mol. The highest BCUT2D eigenvalue weighted by atomic mass is 79.9. The van der Waals surface area contributed by atoms with Crippen molar-refractivity contribution in [1.29, 1.82) is 0 Å². The van der Waals surface area contributed by atoms with Crippen LogP contribution in [0.4, 0.5) is 13.2 Å². The zero-order chi connectivity index (χ0) is 27.0. The van der Waals surface area contributed by atoms with E-state index in [1.165, 1.54) is 6.08 Å². The summed E-state index contributed by atoms with van der Waals surface area (Å²) in [4.78, 5) is 25.8. The lowest BCUT2D eigenvalue weighted by molar-refractivity contribution is -0.139. The second-order valence-corrected chi connectivity index (χ2v) is 11.4. The summed E-state index contributed by atoms with van der Waals surface area (Å²) >= 11 is 21.1. The molecule has 2 unspecified atom stereocenters. The van der Waals surface area contributed by atoms with Gasteiger partial charge >= 0.3 is 6.18 Å². The molecule has 11 heteroatoms. The van der Waals surface area contributed by atoms with Crippen molar-refractivity contribution in [2.45, 2.75) is 43.8 Å². The molecule has 1 saturated carbocycles. The number of carbonyl (C=O) groups is 2. The minimum atomic E-state index is -4.60. The first-order chi connectivity index (χ1) is 17.4. The highest BCUT2D eigenvalue weighted by molar-refractivity contribution is 9.10. The molecule has 0 radical (unpaired) electrons. The van der Waals surface area contributed by atoms with Gasteiger partial charge in [-0.1, -0.05) is 69.0 Å². The average molecular weight is 640 g/mol. The van der Waals surface area contributed by atoms with Crippen LogP contribution in [0.2, 0.25) is 15.1 Å². The van der Waals surface area contributed by atoms with Gasteiger partial charge in [-0.05, 0) is 54.7 Å². The van der Waals surface area contributed by atoms with Gasteiger partial charge in [-0.15, -0.1) is 0 Å². The molecule has 37 heavy (non-hydrogen) atoms. The Hall–Kier alpha value is -1.58. The van der Waals surface area contributed by atoms with Crippen molar-refractivity contribution in [3.8, 4) is 0 Å². The molecule has 2 aromatic rings. The molecule has 2 atom stereocenters. The van der Waals surface area contributed by atoms with Gasteiger partial charge in [0.15, 0.2) is 5.78 Å². The second-order valence-electron chi connectivity index (χ2n) is 9.33. The van der Waals surface area contributed by atoms with Gasteiger partial charge in [-0.25, -0.2) is 0 Å². The Bertz CT molecular complexity index is 1220.